The van der Waals surface area contributed by atoms with Gasteiger partial charge in [-0.15, -0.1) is 0 Å². The predicted molar refractivity (Wildman–Crippen MR) is 100 cm³/mol. The Balaban J connectivity index is 1.75. The normalized spacial score (nSPS) is 10.5. The predicted octanol–water partition coefficient (Wildman–Crippen LogP) is 6.29. The van der Waals surface area contributed by atoms with Crippen LogP contribution in [-0.4, -0.2) is 0 Å². The van der Waals surface area contributed by atoms with Gasteiger partial charge in [0.15, 0.2) is 0 Å². The largest absolute Gasteiger partial charge is 0.0622 e. The van der Waals surface area contributed by atoms with Crippen molar-refractivity contribution < 1.29 is 0 Å². The highest BCUT2D eigenvalue weighted by atomic mass is 14.1. The molecule has 0 atom stereocenters. The summed E-state index contributed by atoms with van der Waals surface area (Å²) in [6, 6.07) is 40.0. The van der Waals surface area contributed by atoms with Crippen molar-refractivity contribution in [1.82, 2.24) is 0 Å². The number of benzene rings is 4. The van der Waals surface area contributed by atoms with Crippen molar-refractivity contribution in [2.24, 2.45) is 0 Å². The smallest absolute Gasteiger partial charge is 0.00987 e. The van der Waals surface area contributed by atoms with Crippen LogP contribution < -0.4 is 0 Å². The van der Waals surface area contributed by atoms with Gasteiger partial charge in [-0.1, -0.05) is 84.9 Å². The van der Waals surface area contributed by atoms with Gasteiger partial charge in [0.1, 0.15) is 0 Å². The Labute approximate surface area is 143 Å². The Morgan fingerprint density at radius 2 is 0.833 bits per heavy atom. The zero-order chi connectivity index (χ0) is 16.2. The monoisotopic (exact) mass is 304 g/mol. The van der Waals surface area contributed by atoms with Crippen molar-refractivity contribution in [3.8, 4) is 33.4 Å². The Hall–Kier alpha value is -3.12. The van der Waals surface area contributed by atoms with Crippen molar-refractivity contribution in [2.45, 2.75) is 0 Å². The summed E-state index contributed by atoms with van der Waals surface area (Å²) in [4.78, 5) is 0. The second-order valence-electron chi connectivity index (χ2n) is 5.71. The molecule has 0 spiro atoms. The minimum absolute atomic E-state index is 1.11. The highest BCUT2D eigenvalue weighted by Crippen LogP contribution is 2.29. The van der Waals surface area contributed by atoms with Crippen molar-refractivity contribution >= 4 is 0 Å². The first-order chi connectivity index (χ1) is 11.9. The van der Waals surface area contributed by atoms with Crippen LogP contribution in [0.2, 0.25) is 0 Å². The number of hydrogen-bond acceptors (Lipinski definition) is 0. The second-order valence-corrected chi connectivity index (χ2v) is 5.71. The first kappa shape index (κ1) is 14.5. The summed E-state index contributed by atoms with van der Waals surface area (Å²) in [6.07, 6.45) is 0. The van der Waals surface area contributed by atoms with Gasteiger partial charge in [-0.25, -0.2) is 0 Å². The standard InChI is InChI=1S/C24H16/c1-3-9-19(10-4-1)21-13-7-15-23(17-21)24-16-8-14-22(18-24)20-11-5-2-6-12-20/h1-12,15-18H. The zero-order valence-corrected chi connectivity index (χ0v) is 13.2. The molecule has 0 N–H and O–H groups in total. The molecule has 0 aliphatic heterocycles. The Morgan fingerprint density at radius 1 is 0.417 bits per heavy atom. The number of hydrogen-bond donors (Lipinski definition) is 0. The van der Waals surface area contributed by atoms with Gasteiger partial charge in [-0.3, -0.25) is 0 Å². The Morgan fingerprint density at radius 3 is 1.25 bits per heavy atom. The van der Waals surface area contributed by atoms with Gasteiger partial charge in [0, 0.05) is 0 Å². The average molecular weight is 304 g/mol. The lowest BCUT2D eigenvalue weighted by Gasteiger charge is -2.08. The van der Waals surface area contributed by atoms with Crippen molar-refractivity contribution in [3.63, 3.8) is 0 Å². The minimum atomic E-state index is 1.11. The van der Waals surface area contributed by atoms with E-state index in [1.807, 2.05) is 24.3 Å². The van der Waals surface area contributed by atoms with E-state index in [9.17, 15) is 0 Å². The summed E-state index contributed by atoms with van der Waals surface area (Å²) in [7, 11) is 0. The van der Waals surface area contributed by atoms with Gasteiger partial charge in [-0.2, -0.15) is 0 Å². The van der Waals surface area contributed by atoms with Gasteiger partial charge >= 0.3 is 0 Å². The molecule has 0 fully saturated rings. The first-order valence-electron chi connectivity index (χ1n) is 8.05. The SMILES string of the molecule is [c]1ccc(-c2cc[c]c(-c3ccccc3)c2)cc1-c1ccccc1. The lowest BCUT2D eigenvalue weighted by Crippen LogP contribution is -1.83. The van der Waals surface area contributed by atoms with E-state index in [0.29, 0.717) is 0 Å². The molecule has 0 heterocycles. The molecule has 4 rings (SSSR count). The number of rotatable bonds is 3. The molecule has 0 nitrogen and oxygen atoms in total. The molecular formula is C24H16. The molecule has 112 valence electrons. The highest BCUT2D eigenvalue weighted by molar-refractivity contribution is 5.76. The highest BCUT2D eigenvalue weighted by Gasteiger charge is 2.04. The lowest BCUT2D eigenvalue weighted by molar-refractivity contribution is 1.56. The van der Waals surface area contributed by atoms with Crippen LogP contribution in [0, 0.1) is 12.1 Å². The molecule has 0 aromatic heterocycles. The fourth-order valence-corrected chi connectivity index (χ4v) is 2.86. The van der Waals surface area contributed by atoms with Crippen LogP contribution in [0.25, 0.3) is 33.4 Å². The molecule has 4 aromatic carbocycles. The van der Waals surface area contributed by atoms with Crippen LogP contribution in [0.1, 0.15) is 0 Å². The molecular weight excluding hydrogens is 288 g/mol. The molecule has 0 aliphatic carbocycles. The first-order valence-corrected chi connectivity index (χ1v) is 8.05. The van der Waals surface area contributed by atoms with Crippen molar-refractivity contribution in [1.29, 1.82) is 0 Å². The van der Waals surface area contributed by atoms with E-state index in [0.717, 1.165) is 11.1 Å². The van der Waals surface area contributed by atoms with E-state index in [2.05, 4.69) is 84.9 Å². The van der Waals surface area contributed by atoms with Crippen LogP contribution in [0.4, 0.5) is 0 Å². The molecule has 0 unspecified atom stereocenters. The van der Waals surface area contributed by atoms with Crippen LogP contribution in [-0.2, 0) is 0 Å². The van der Waals surface area contributed by atoms with Crippen molar-refractivity contribution in [3.05, 3.63) is 109 Å². The molecule has 0 bridgehead atoms. The summed E-state index contributed by atoms with van der Waals surface area (Å²) in [5, 5.41) is 0. The zero-order valence-electron chi connectivity index (χ0n) is 13.2. The average Bonchev–Trinajstić information content (AvgIpc) is 2.70. The van der Waals surface area contributed by atoms with E-state index in [1.54, 1.807) is 0 Å². The lowest BCUT2D eigenvalue weighted by atomic mass is 9.96. The van der Waals surface area contributed by atoms with Gasteiger partial charge in [0.05, 0.1) is 0 Å². The maximum absolute atomic E-state index is 3.33. The van der Waals surface area contributed by atoms with E-state index in [1.165, 1.54) is 22.3 Å². The molecule has 0 aliphatic rings. The summed E-state index contributed by atoms with van der Waals surface area (Å²) in [5.74, 6) is 0. The molecule has 2 radical (unpaired) electrons. The third-order valence-corrected chi connectivity index (χ3v) is 4.11. The Kier molecular flexibility index (Phi) is 3.95. The molecule has 0 saturated heterocycles. The summed E-state index contributed by atoms with van der Waals surface area (Å²) >= 11 is 0. The Bertz CT molecular complexity index is 857. The van der Waals surface area contributed by atoms with Crippen LogP contribution in [0.15, 0.2) is 97.1 Å². The minimum Gasteiger partial charge on any atom is -0.0622 e. The van der Waals surface area contributed by atoms with E-state index in [4.69, 9.17) is 0 Å². The van der Waals surface area contributed by atoms with Crippen LogP contribution >= 0.6 is 0 Å². The van der Waals surface area contributed by atoms with E-state index < -0.39 is 0 Å². The molecule has 4 aromatic rings. The van der Waals surface area contributed by atoms with Gasteiger partial charge in [-0.05, 0) is 57.6 Å². The van der Waals surface area contributed by atoms with Crippen LogP contribution in [0.5, 0.6) is 0 Å². The molecule has 24 heavy (non-hydrogen) atoms. The molecule has 0 heteroatoms. The maximum Gasteiger partial charge on any atom is -0.00987 e. The van der Waals surface area contributed by atoms with Crippen LogP contribution in [0.3, 0.4) is 0 Å². The maximum atomic E-state index is 3.33. The molecule has 0 amide bonds. The summed E-state index contributed by atoms with van der Waals surface area (Å²) in [5.41, 5.74) is 6.98. The summed E-state index contributed by atoms with van der Waals surface area (Å²) in [6.45, 7) is 0. The fraction of sp³-hybridized carbons (Fsp3) is 0. The molecule has 0 saturated carbocycles. The van der Waals surface area contributed by atoms with E-state index in [-0.39, 0.29) is 0 Å². The second kappa shape index (κ2) is 6.55. The summed E-state index contributed by atoms with van der Waals surface area (Å²) < 4.78 is 0. The third kappa shape index (κ3) is 3.00. The third-order valence-electron chi connectivity index (χ3n) is 4.11. The van der Waals surface area contributed by atoms with E-state index >= 15 is 0 Å². The quantitative estimate of drug-likeness (QED) is 0.417. The van der Waals surface area contributed by atoms with Gasteiger partial charge < -0.3 is 0 Å². The van der Waals surface area contributed by atoms with Gasteiger partial charge in [0.2, 0.25) is 0 Å². The van der Waals surface area contributed by atoms with Gasteiger partial charge in [0.25, 0.3) is 0 Å². The topological polar surface area (TPSA) is 0 Å². The van der Waals surface area contributed by atoms with Crippen molar-refractivity contribution in [2.75, 3.05) is 0 Å². The fourth-order valence-electron chi connectivity index (χ4n) is 2.86.